The normalized spacial score (nSPS) is 10.3. The van der Waals surface area contributed by atoms with Gasteiger partial charge in [-0.1, -0.05) is 18.2 Å². The standard InChI is InChI=1S/C17H19FN2O2S/c18-14-7-5-13(6-8-14)9-11-19-16(21)4-1-10-20-17(22)15-3-2-12-23-15/h2-3,5-8,12H,1,4,9-11H2,(H,19,21)(H,20,22). The highest BCUT2D eigenvalue weighted by atomic mass is 32.1. The van der Waals surface area contributed by atoms with E-state index in [0.29, 0.717) is 37.2 Å². The van der Waals surface area contributed by atoms with E-state index in [1.165, 1.54) is 23.5 Å². The molecule has 0 atom stereocenters. The Morgan fingerprint density at radius 3 is 2.52 bits per heavy atom. The minimum atomic E-state index is -0.262. The van der Waals surface area contributed by atoms with Crippen molar-refractivity contribution in [3.8, 4) is 0 Å². The Hall–Kier alpha value is -2.21. The first-order valence-corrected chi connectivity index (χ1v) is 8.36. The van der Waals surface area contributed by atoms with E-state index in [1.807, 2.05) is 11.4 Å². The van der Waals surface area contributed by atoms with Crippen molar-refractivity contribution in [2.24, 2.45) is 0 Å². The first-order chi connectivity index (χ1) is 11.1. The number of nitrogens with one attached hydrogen (secondary N) is 2. The summed E-state index contributed by atoms with van der Waals surface area (Å²) in [6.07, 6.45) is 1.63. The SMILES string of the molecule is O=C(CCCNC(=O)c1cccs1)NCCc1ccc(F)cc1. The van der Waals surface area contributed by atoms with E-state index >= 15 is 0 Å². The Labute approximate surface area is 138 Å². The molecule has 2 rings (SSSR count). The van der Waals surface area contributed by atoms with Gasteiger partial charge in [0.25, 0.3) is 5.91 Å². The fourth-order valence-corrected chi connectivity index (χ4v) is 2.67. The molecule has 1 heterocycles. The summed E-state index contributed by atoms with van der Waals surface area (Å²) in [5, 5.41) is 7.45. The van der Waals surface area contributed by atoms with Gasteiger partial charge in [-0.3, -0.25) is 9.59 Å². The zero-order valence-corrected chi connectivity index (χ0v) is 13.5. The second kappa shape index (κ2) is 9.05. The maximum atomic E-state index is 12.8. The lowest BCUT2D eigenvalue weighted by Crippen LogP contribution is -2.28. The predicted molar refractivity (Wildman–Crippen MR) is 89.0 cm³/mol. The van der Waals surface area contributed by atoms with Crippen LogP contribution < -0.4 is 10.6 Å². The molecule has 0 aliphatic heterocycles. The number of amides is 2. The molecular formula is C17H19FN2O2S. The number of carbonyl (C=O) groups excluding carboxylic acids is 2. The van der Waals surface area contributed by atoms with Crippen LogP contribution in [0.15, 0.2) is 41.8 Å². The van der Waals surface area contributed by atoms with E-state index in [4.69, 9.17) is 0 Å². The molecular weight excluding hydrogens is 315 g/mol. The molecule has 0 radical (unpaired) electrons. The van der Waals surface area contributed by atoms with Gasteiger partial charge in [0.1, 0.15) is 5.82 Å². The first-order valence-electron chi connectivity index (χ1n) is 7.48. The van der Waals surface area contributed by atoms with Gasteiger partial charge in [0, 0.05) is 19.5 Å². The fourth-order valence-electron chi connectivity index (χ4n) is 2.03. The summed E-state index contributed by atoms with van der Waals surface area (Å²) in [4.78, 5) is 24.0. The number of halogens is 1. The van der Waals surface area contributed by atoms with Crippen molar-refractivity contribution in [3.63, 3.8) is 0 Å². The summed E-state index contributed by atoms with van der Waals surface area (Å²) in [6.45, 7) is 0.994. The monoisotopic (exact) mass is 334 g/mol. The molecule has 122 valence electrons. The van der Waals surface area contributed by atoms with Crippen LogP contribution in [0.25, 0.3) is 0 Å². The average molecular weight is 334 g/mol. The highest BCUT2D eigenvalue weighted by Crippen LogP contribution is 2.07. The average Bonchev–Trinajstić information content (AvgIpc) is 3.08. The second-order valence-electron chi connectivity index (χ2n) is 5.06. The topological polar surface area (TPSA) is 58.2 Å². The summed E-state index contributed by atoms with van der Waals surface area (Å²) in [7, 11) is 0. The lowest BCUT2D eigenvalue weighted by Gasteiger charge is -2.06. The quantitative estimate of drug-likeness (QED) is 0.729. The number of benzene rings is 1. The molecule has 1 aromatic heterocycles. The van der Waals surface area contributed by atoms with Crippen molar-refractivity contribution in [3.05, 3.63) is 58.0 Å². The van der Waals surface area contributed by atoms with Gasteiger partial charge in [-0.25, -0.2) is 4.39 Å². The predicted octanol–water partition coefficient (Wildman–Crippen LogP) is 2.76. The van der Waals surface area contributed by atoms with Crippen LogP contribution in [0, 0.1) is 5.82 Å². The molecule has 6 heteroatoms. The Kier molecular flexibility index (Phi) is 6.75. The van der Waals surface area contributed by atoms with Gasteiger partial charge >= 0.3 is 0 Å². The smallest absolute Gasteiger partial charge is 0.261 e. The Morgan fingerprint density at radius 2 is 1.83 bits per heavy atom. The molecule has 0 saturated carbocycles. The van der Waals surface area contributed by atoms with E-state index in [1.54, 1.807) is 18.2 Å². The molecule has 2 aromatic rings. The van der Waals surface area contributed by atoms with E-state index in [2.05, 4.69) is 10.6 Å². The van der Waals surface area contributed by atoms with Crippen LogP contribution in [0.1, 0.15) is 28.1 Å². The van der Waals surface area contributed by atoms with E-state index in [0.717, 1.165) is 5.56 Å². The maximum Gasteiger partial charge on any atom is 0.261 e. The zero-order chi connectivity index (χ0) is 16.5. The van der Waals surface area contributed by atoms with E-state index in [-0.39, 0.29) is 17.6 Å². The van der Waals surface area contributed by atoms with Crippen LogP contribution in [0.3, 0.4) is 0 Å². The highest BCUT2D eigenvalue weighted by molar-refractivity contribution is 7.12. The second-order valence-corrected chi connectivity index (χ2v) is 6.01. The Morgan fingerprint density at radius 1 is 1.04 bits per heavy atom. The molecule has 23 heavy (non-hydrogen) atoms. The van der Waals surface area contributed by atoms with Crippen molar-refractivity contribution in [2.75, 3.05) is 13.1 Å². The van der Waals surface area contributed by atoms with Crippen LogP contribution in [0.4, 0.5) is 4.39 Å². The lowest BCUT2D eigenvalue weighted by atomic mass is 10.1. The summed E-state index contributed by atoms with van der Waals surface area (Å²) >= 11 is 1.39. The number of rotatable bonds is 8. The number of thiophene rings is 1. The molecule has 2 amide bonds. The van der Waals surface area contributed by atoms with Gasteiger partial charge in [-0.05, 0) is 42.0 Å². The molecule has 0 fully saturated rings. The maximum absolute atomic E-state index is 12.8. The molecule has 0 unspecified atom stereocenters. The van der Waals surface area contributed by atoms with Crippen molar-refractivity contribution < 1.29 is 14.0 Å². The number of carbonyl (C=O) groups is 2. The Balaban J connectivity index is 1.55. The van der Waals surface area contributed by atoms with Gasteiger partial charge in [-0.15, -0.1) is 11.3 Å². The minimum absolute atomic E-state index is 0.0440. The number of hydrogen-bond donors (Lipinski definition) is 2. The van der Waals surface area contributed by atoms with E-state index in [9.17, 15) is 14.0 Å². The molecule has 0 saturated heterocycles. The van der Waals surface area contributed by atoms with Crippen molar-refractivity contribution in [1.82, 2.24) is 10.6 Å². The summed E-state index contributed by atoms with van der Waals surface area (Å²) < 4.78 is 12.8. The molecule has 2 N–H and O–H groups in total. The molecule has 0 spiro atoms. The molecule has 0 aliphatic carbocycles. The fraction of sp³-hybridized carbons (Fsp3) is 0.294. The lowest BCUT2D eigenvalue weighted by molar-refractivity contribution is -0.121. The summed E-state index contributed by atoms with van der Waals surface area (Å²) in [5.41, 5.74) is 0.981. The molecule has 4 nitrogen and oxygen atoms in total. The Bertz CT molecular complexity index is 627. The summed E-state index contributed by atoms with van der Waals surface area (Å²) in [5.74, 6) is -0.406. The van der Waals surface area contributed by atoms with Gasteiger partial charge in [-0.2, -0.15) is 0 Å². The van der Waals surface area contributed by atoms with Crippen LogP contribution in [-0.4, -0.2) is 24.9 Å². The van der Waals surface area contributed by atoms with Gasteiger partial charge in [0.2, 0.25) is 5.91 Å². The summed E-state index contributed by atoms with van der Waals surface area (Å²) in [6, 6.07) is 9.83. The van der Waals surface area contributed by atoms with Crippen LogP contribution in [0.5, 0.6) is 0 Å². The largest absolute Gasteiger partial charge is 0.356 e. The molecule has 1 aromatic carbocycles. The van der Waals surface area contributed by atoms with Crippen LogP contribution in [-0.2, 0) is 11.2 Å². The number of hydrogen-bond acceptors (Lipinski definition) is 3. The molecule has 0 aliphatic rings. The third kappa shape index (κ3) is 6.20. The molecule has 0 bridgehead atoms. The highest BCUT2D eigenvalue weighted by Gasteiger charge is 2.06. The first kappa shape index (κ1) is 17.1. The van der Waals surface area contributed by atoms with Crippen molar-refractivity contribution in [2.45, 2.75) is 19.3 Å². The third-order valence-electron chi connectivity index (χ3n) is 3.26. The van der Waals surface area contributed by atoms with Gasteiger partial charge in [0.15, 0.2) is 0 Å². The van der Waals surface area contributed by atoms with Gasteiger partial charge < -0.3 is 10.6 Å². The zero-order valence-electron chi connectivity index (χ0n) is 12.7. The van der Waals surface area contributed by atoms with Crippen molar-refractivity contribution >= 4 is 23.2 Å². The third-order valence-corrected chi connectivity index (χ3v) is 4.13. The van der Waals surface area contributed by atoms with Crippen molar-refractivity contribution in [1.29, 1.82) is 0 Å². The van der Waals surface area contributed by atoms with Crippen LogP contribution >= 0.6 is 11.3 Å². The van der Waals surface area contributed by atoms with Crippen LogP contribution in [0.2, 0.25) is 0 Å². The minimum Gasteiger partial charge on any atom is -0.356 e. The van der Waals surface area contributed by atoms with E-state index < -0.39 is 0 Å². The van der Waals surface area contributed by atoms with Gasteiger partial charge in [0.05, 0.1) is 4.88 Å².